The first-order valence-corrected chi connectivity index (χ1v) is 9.80. The van der Waals surface area contributed by atoms with Crippen LogP contribution in [-0.4, -0.2) is 57.5 Å². The van der Waals surface area contributed by atoms with Crippen molar-refractivity contribution in [3.05, 3.63) is 71.7 Å². The molecule has 0 saturated carbocycles. The van der Waals surface area contributed by atoms with E-state index in [9.17, 15) is 13.9 Å². The van der Waals surface area contributed by atoms with E-state index >= 15 is 0 Å². The van der Waals surface area contributed by atoms with Crippen molar-refractivity contribution in [2.45, 2.75) is 6.92 Å². The molecule has 1 N–H and O–H groups in total. The van der Waals surface area contributed by atoms with Crippen LogP contribution in [0, 0.1) is 18.6 Å². The molecule has 4 rings (SSSR count). The number of anilines is 1. The third-order valence-electron chi connectivity index (χ3n) is 5.26. The van der Waals surface area contributed by atoms with E-state index in [-0.39, 0.29) is 5.75 Å². The maximum absolute atomic E-state index is 13.4. The second-order valence-electron chi connectivity index (χ2n) is 7.26. The van der Waals surface area contributed by atoms with Crippen LogP contribution in [0.4, 0.5) is 14.5 Å². The van der Waals surface area contributed by atoms with Crippen LogP contribution in [0.15, 0.2) is 48.8 Å². The topological polar surface area (TPSA) is 57.4 Å². The van der Waals surface area contributed by atoms with E-state index in [1.165, 1.54) is 12.1 Å². The fourth-order valence-electron chi connectivity index (χ4n) is 3.59. The molecule has 1 fully saturated rings. The van der Waals surface area contributed by atoms with Gasteiger partial charge in [0.1, 0.15) is 11.6 Å². The molecule has 6 nitrogen and oxygen atoms in total. The van der Waals surface area contributed by atoms with Gasteiger partial charge in [-0.3, -0.25) is 4.90 Å². The molecule has 0 spiro atoms. The minimum Gasteiger partial charge on any atom is -0.504 e. The van der Waals surface area contributed by atoms with Gasteiger partial charge in [0, 0.05) is 56.2 Å². The Balaban J connectivity index is 1.34. The Morgan fingerprint density at radius 1 is 1.10 bits per heavy atom. The molecule has 30 heavy (non-hydrogen) atoms. The lowest BCUT2D eigenvalue weighted by atomic mass is 10.2. The monoisotopic (exact) mass is 411 g/mol. The van der Waals surface area contributed by atoms with Gasteiger partial charge in [-0.1, -0.05) is 12.2 Å². The van der Waals surface area contributed by atoms with E-state index in [2.05, 4.69) is 21.1 Å². The van der Waals surface area contributed by atoms with Crippen LogP contribution in [0.1, 0.15) is 11.3 Å². The number of benzene rings is 1. The lowest BCUT2D eigenvalue weighted by Gasteiger charge is -2.35. The highest BCUT2D eigenvalue weighted by Gasteiger charge is 2.17. The summed E-state index contributed by atoms with van der Waals surface area (Å²) in [6.07, 6.45) is 7.44. The van der Waals surface area contributed by atoms with Gasteiger partial charge in [0.25, 0.3) is 0 Å². The average molecular weight is 411 g/mol. The van der Waals surface area contributed by atoms with Crippen LogP contribution in [-0.2, 0) is 0 Å². The van der Waals surface area contributed by atoms with Crippen LogP contribution in [0.3, 0.4) is 0 Å². The van der Waals surface area contributed by atoms with E-state index in [0.29, 0.717) is 24.6 Å². The molecule has 2 aromatic heterocycles. The third-order valence-corrected chi connectivity index (χ3v) is 5.26. The normalized spacial score (nSPS) is 15.2. The molecule has 0 bridgehead atoms. The molecular formula is C22H23F2N5O. The largest absolute Gasteiger partial charge is 0.504 e. The number of nitrogens with zero attached hydrogens (tertiary/aromatic N) is 5. The maximum Gasteiger partial charge on any atom is 0.196 e. The number of aromatic hydroxyl groups is 1. The first-order chi connectivity index (χ1) is 14.5. The highest BCUT2D eigenvalue weighted by atomic mass is 19.1. The number of hydrogen-bond donors (Lipinski definition) is 1. The molecule has 1 aliphatic rings. The van der Waals surface area contributed by atoms with Crippen molar-refractivity contribution < 1.29 is 13.9 Å². The summed E-state index contributed by atoms with van der Waals surface area (Å²) in [5, 5.41) is 14.3. The molecule has 0 unspecified atom stereocenters. The van der Waals surface area contributed by atoms with Gasteiger partial charge in [0.15, 0.2) is 11.6 Å². The predicted octanol–water partition coefficient (Wildman–Crippen LogP) is 3.39. The smallest absolute Gasteiger partial charge is 0.196 e. The van der Waals surface area contributed by atoms with Crippen LogP contribution >= 0.6 is 0 Å². The van der Waals surface area contributed by atoms with Gasteiger partial charge in [-0.25, -0.2) is 18.4 Å². The number of aromatic nitrogens is 3. The quantitative estimate of drug-likeness (QED) is 0.698. The summed E-state index contributed by atoms with van der Waals surface area (Å²) in [5.41, 5.74) is 2.43. The fourth-order valence-corrected chi connectivity index (χ4v) is 3.59. The van der Waals surface area contributed by atoms with Gasteiger partial charge >= 0.3 is 0 Å². The molecule has 0 amide bonds. The number of halogens is 2. The summed E-state index contributed by atoms with van der Waals surface area (Å²) in [7, 11) is 0. The molecule has 0 atom stereocenters. The Labute approximate surface area is 173 Å². The molecule has 3 heterocycles. The van der Waals surface area contributed by atoms with E-state index in [4.69, 9.17) is 0 Å². The summed E-state index contributed by atoms with van der Waals surface area (Å²) in [5.74, 6) is -0.620. The van der Waals surface area contributed by atoms with Crippen molar-refractivity contribution in [3.63, 3.8) is 0 Å². The highest BCUT2D eigenvalue weighted by Crippen LogP contribution is 2.22. The Morgan fingerprint density at radius 2 is 1.83 bits per heavy atom. The second kappa shape index (κ2) is 8.62. The van der Waals surface area contributed by atoms with Crippen molar-refractivity contribution in [2.24, 2.45) is 0 Å². The Morgan fingerprint density at radius 3 is 2.53 bits per heavy atom. The van der Waals surface area contributed by atoms with Crippen LogP contribution in [0.5, 0.6) is 5.75 Å². The standard InChI is InChI=1S/C22H23F2N5O/c1-16-17(15-26-29(16)22-21(30)5-2-6-25-22)4-3-7-27-8-10-28(11-9-27)20-13-18(23)12-19(24)14-20/h2-6,12-15,30H,7-11H2,1H3/b4-3+. The zero-order chi connectivity index (χ0) is 21.1. The summed E-state index contributed by atoms with van der Waals surface area (Å²) in [6.45, 7) is 5.74. The molecule has 0 radical (unpaired) electrons. The van der Waals surface area contributed by atoms with Crippen molar-refractivity contribution >= 4 is 11.8 Å². The van der Waals surface area contributed by atoms with Gasteiger partial charge in [-0.05, 0) is 31.2 Å². The molecule has 0 aliphatic carbocycles. The summed E-state index contributed by atoms with van der Waals surface area (Å²) < 4.78 is 28.5. The first-order valence-electron chi connectivity index (χ1n) is 9.80. The van der Waals surface area contributed by atoms with E-state index in [1.54, 1.807) is 29.2 Å². The van der Waals surface area contributed by atoms with E-state index in [1.807, 2.05) is 17.9 Å². The molecule has 3 aromatic rings. The molecule has 156 valence electrons. The Kier molecular flexibility index (Phi) is 5.76. The van der Waals surface area contributed by atoms with Gasteiger partial charge in [0.2, 0.25) is 0 Å². The van der Waals surface area contributed by atoms with E-state index < -0.39 is 11.6 Å². The van der Waals surface area contributed by atoms with Gasteiger partial charge in [-0.2, -0.15) is 5.10 Å². The summed E-state index contributed by atoms with van der Waals surface area (Å²) in [4.78, 5) is 8.47. The lowest BCUT2D eigenvalue weighted by Crippen LogP contribution is -2.46. The summed E-state index contributed by atoms with van der Waals surface area (Å²) >= 11 is 0. The molecule has 1 saturated heterocycles. The van der Waals surface area contributed by atoms with Crippen LogP contribution in [0.2, 0.25) is 0 Å². The zero-order valence-corrected chi connectivity index (χ0v) is 16.7. The molecule has 8 heteroatoms. The lowest BCUT2D eigenvalue weighted by molar-refractivity contribution is 0.284. The van der Waals surface area contributed by atoms with Crippen molar-refractivity contribution in [3.8, 4) is 11.6 Å². The minimum absolute atomic E-state index is 0.0790. The van der Waals surface area contributed by atoms with Crippen molar-refractivity contribution in [1.82, 2.24) is 19.7 Å². The van der Waals surface area contributed by atoms with Gasteiger partial charge < -0.3 is 10.0 Å². The number of hydrogen-bond acceptors (Lipinski definition) is 5. The minimum atomic E-state index is -0.551. The van der Waals surface area contributed by atoms with Gasteiger partial charge in [0.05, 0.1) is 11.9 Å². The molecular weight excluding hydrogens is 388 g/mol. The Bertz CT molecular complexity index is 1040. The predicted molar refractivity (Wildman–Crippen MR) is 112 cm³/mol. The zero-order valence-electron chi connectivity index (χ0n) is 16.7. The average Bonchev–Trinajstić information content (AvgIpc) is 3.08. The summed E-state index contributed by atoms with van der Waals surface area (Å²) in [6, 6.07) is 6.89. The van der Waals surface area contributed by atoms with Crippen LogP contribution in [0.25, 0.3) is 11.9 Å². The molecule has 1 aliphatic heterocycles. The SMILES string of the molecule is Cc1c(/C=C/CN2CCN(c3cc(F)cc(F)c3)CC2)cnn1-c1ncccc1O. The number of pyridine rings is 1. The number of rotatable bonds is 5. The maximum atomic E-state index is 13.4. The Hall–Kier alpha value is -3.26. The third kappa shape index (κ3) is 4.33. The van der Waals surface area contributed by atoms with Crippen molar-refractivity contribution in [1.29, 1.82) is 0 Å². The van der Waals surface area contributed by atoms with Gasteiger partial charge in [-0.15, -0.1) is 0 Å². The molecule has 1 aromatic carbocycles. The van der Waals surface area contributed by atoms with Crippen molar-refractivity contribution in [2.75, 3.05) is 37.6 Å². The highest BCUT2D eigenvalue weighted by molar-refractivity contribution is 5.53. The fraction of sp³-hybridized carbons (Fsp3) is 0.273. The van der Waals surface area contributed by atoms with Crippen LogP contribution < -0.4 is 4.90 Å². The van der Waals surface area contributed by atoms with E-state index in [0.717, 1.165) is 37.0 Å². The second-order valence-corrected chi connectivity index (χ2v) is 7.26. The first kappa shape index (κ1) is 20.0. The number of piperazine rings is 1.